The van der Waals surface area contributed by atoms with Gasteiger partial charge in [0.05, 0.1) is 17.7 Å². The summed E-state index contributed by atoms with van der Waals surface area (Å²) in [5.74, 6) is -2.30. The molecule has 3 rings (SSSR count). The first-order chi connectivity index (χ1) is 14.0. The summed E-state index contributed by atoms with van der Waals surface area (Å²) in [7, 11) is 0. The smallest absolute Gasteiger partial charge is 0.407 e. The number of nitrogens with zero attached hydrogens (tertiary/aromatic N) is 2. The zero-order valence-electron chi connectivity index (χ0n) is 16.9. The normalized spacial score (nSPS) is 18.9. The highest BCUT2D eigenvalue weighted by atomic mass is 16.5. The third-order valence-corrected chi connectivity index (χ3v) is 5.04. The Bertz CT molecular complexity index is 935. The lowest BCUT2D eigenvalue weighted by atomic mass is 10.0. The summed E-state index contributed by atoms with van der Waals surface area (Å²) in [6, 6.07) is 3.46. The second-order valence-electron chi connectivity index (χ2n) is 8.08. The van der Waals surface area contributed by atoms with Crippen LogP contribution in [0.2, 0.25) is 0 Å². The van der Waals surface area contributed by atoms with Gasteiger partial charge in [-0.05, 0) is 39.3 Å². The largest absolute Gasteiger partial charge is 0.491 e. The van der Waals surface area contributed by atoms with Crippen LogP contribution in [-0.4, -0.2) is 69.4 Å². The van der Waals surface area contributed by atoms with Crippen LogP contribution in [-0.2, 0) is 9.59 Å². The molecule has 2 aliphatic heterocycles. The van der Waals surface area contributed by atoms with Crippen molar-refractivity contribution < 1.29 is 33.8 Å². The SMILES string of the molecule is CC(C)(C)N(CCOc1cccc2c1C(=O)N(C1CCC(=O)NC1=O)C2=O)C(=O)O. The third-order valence-electron chi connectivity index (χ3n) is 5.04. The second kappa shape index (κ2) is 7.77. The number of fused-ring (bicyclic) bond motifs is 1. The Morgan fingerprint density at radius 2 is 1.93 bits per heavy atom. The number of rotatable bonds is 5. The maximum Gasteiger partial charge on any atom is 0.407 e. The van der Waals surface area contributed by atoms with E-state index in [1.807, 2.05) is 0 Å². The lowest BCUT2D eigenvalue weighted by Gasteiger charge is -2.33. The molecule has 0 bridgehead atoms. The van der Waals surface area contributed by atoms with Crippen LogP contribution in [0.4, 0.5) is 4.79 Å². The number of hydrogen-bond donors (Lipinski definition) is 2. The maximum absolute atomic E-state index is 13.0. The summed E-state index contributed by atoms with van der Waals surface area (Å²) in [5, 5.41) is 11.5. The molecule has 0 spiro atoms. The first-order valence-electron chi connectivity index (χ1n) is 9.50. The number of carbonyl (C=O) groups is 5. The molecule has 10 nitrogen and oxygen atoms in total. The molecular formula is C20H23N3O7. The van der Waals surface area contributed by atoms with Crippen molar-refractivity contribution in [3.05, 3.63) is 29.3 Å². The van der Waals surface area contributed by atoms with Gasteiger partial charge in [0, 0.05) is 12.0 Å². The Hall–Kier alpha value is -3.43. The Labute approximate surface area is 172 Å². The molecule has 2 heterocycles. The Morgan fingerprint density at radius 3 is 2.53 bits per heavy atom. The molecule has 1 saturated heterocycles. The van der Waals surface area contributed by atoms with Crippen molar-refractivity contribution >= 4 is 29.7 Å². The molecule has 1 aromatic carbocycles. The van der Waals surface area contributed by atoms with E-state index >= 15 is 0 Å². The summed E-state index contributed by atoms with van der Waals surface area (Å²) in [5.41, 5.74) is -0.500. The van der Waals surface area contributed by atoms with Gasteiger partial charge in [0.25, 0.3) is 11.8 Å². The van der Waals surface area contributed by atoms with Crippen molar-refractivity contribution in [2.24, 2.45) is 0 Å². The fraction of sp³-hybridized carbons (Fsp3) is 0.450. The van der Waals surface area contributed by atoms with Crippen LogP contribution < -0.4 is 10.1 Å². The number of carboxylic acid groups (broad SMARTS) is 1. The fourth-order valence-electron chi connectivity index (χ4n) is 3.57. The zero-order chi connectivity index (χ0) is 22.2. The van der Waals surface area contributed by atoms with E-state index in [9.17, 15) is 29.1 Å². The minimum atomic E-state index is -1.10. The number of carbonyl (C=O) groups excluding carboxylic acids is 4. The monoisotopic (exact) mass is 417 g/mol. The molecule has 30 heavy (non-hydrogen) atoms. The van der Waals surface area contributed by atoms with Crippen LogP contribution in [0.15, 0.2) is 18.2 Å². The van der Waals surface area contributed by atoms with Gasteiger partial charge >= 0.3 is 6.09 Å². The predicted octanol–water partition coefficient (Wildman–Crippen LogP) is 1.25. The number of benzene rings is 1. The topological polar surface area (TPSA) is 133 Å². The van der Waals surface area contributed by atoms with E-state index in [1.165, 1.54) is 17.0 Å². The number of piperidine rings is 1. The standard InChI is InChI=1S/C20H23N3O7/c1-20(2,3)22(19(28)29)9-10-30-13-6-4-5-11-15(13)18(27)23(17(11)26)12-7-8-14(24)21-16(12)25/h4-6,12H,7-10H2,1-3H3,(H,28,29)(H,21,24,25). The molecule has 1 fully saturated rings. The number of imide groups is 2. The molecule has 2 N–H and O–H groups in total. The Balaban J connectivity index is 1.79. The molecule has 2 aliphatic rings. The summed E-state index contributed by atoms with van der Waals surface area (Å²) in [4.78, 5) is 62.8. The quantitative estimate of drug-likeness (QED) is 0.689. The third kappa shape index (κ3) is 3.85. The predicted molar refractivity (Wildman–Crippen MR) is 103 cm³/mol. The van der Waals surface area contributed by atoms with Gasteiger partial charge in [0.1, 0.15) is 18.4 Å². The average Bonchev–Trinajstić information content (AvgIpc) is 2.89. The number of nitrogens with one attached hydrogen (secondary N) is 1. The van der Waals surface area contributed by atoms with Gasteiger partial charge in [-0.2, -0.15) is 0 Å². The zero-order valence-corrected chi connectivity index (χ0v) is 16.9. The van der Waals surface area contributed by atoms with Crippen LogP contribution in [0.25, 0.3) is 0 Å². The van der Waals surface area contributed by atoms with Crippen molar-refractivity contribution in [1.29, 1.82) is 0 Å². The first kappa shape index (κ1) is 21.3. The van der Waals surface area contributed by atoms with Crippen molar-refractivity contribution in [2.75, 3.05) is 13.2 Å². The lowest BCUT2D eigenvalue weighted by molar-refractivity contribution is -0.136. The van der Waals surface area contributed by atoms with Gasteiger partial charge in [-0.3, -0.25) is 29.4 Å². The van der Waals surface area contributed by atoms with Gasteiger partial charge in [0.15, 0.2) is 0 Å². The van der Waals surface area contributed by atoms with Crippen LogP contribution in [0.1, 0.15) is 54.3 Å². The van der Waals surface area contributed by atoms with Crippen LogP contribution in [0, 0.1) is 0 Å². The fourth-order valence-corrected chi connectivity index (χ4v) is 3.57. The van der Waals surface area contributed by atoms with Crippen LogP contribution in [0.5, 0.6) is 5.75 Å². The van der Waals surface area contributed by atoms with E-state index in [-0.39, 0.29) is 42.9 Å². The minimum absolute atomic E-state index is 0.0279. The van der Waals surface area contributed by atoms with Crippen molar-refractivity contribution in [1.82, 2.24) is 15.1 Å². The number of ether oxygens (including phenoxy) is 1. The molecule has 0 radical (unpaired) electrons. The molecule has 0 aromatic heterocycles. The summed E-state index contributed by atoms with van der Waals surface area (Å²) in [6.07, 6.45) is -1.00. The van der Waals surface area contributed by atoms with Crippen molar-refractivity contribution in [3.63, 3.8) is 0 Å². The highest BCUT2D eigenvalue weighted by Gasteiger charge is 2.46. The molecule has 5 amide bonds. The highest BCUT2D eigenvalue weighted by Crippen LogP contribution is 2.33. The Morgan fingerprint density at radius 1 is 1.23 bits per heavy atom. The number of amides is 5. The van der Waals surface area contributed by atoms with E-state index in [4.69, 9.17) is 4.74 Å². The lowest BCUT2D eigenvalue weighted by Crippen LogP contribution is -2.54. The van der Waals surface area contributed by atoms with E-state index < -0.39 is 41.3 Å². The number of hydrogen-bond acceptors (Lipinski definition) is 6. The second-order valence-corrected chi connectivity index (χ2v) is 8.08. The van der Waals surface area contributed by atoms with Crippen molar-refractivity contribution in [3.8, 4) is 5.75 Å². The molecule has 1 aromatic rings. The van der Waals surface area contributed by atoms with Gasteiger partial charge in [0.2, 0.25) is 11.8 Å². The van der Waals surface area contributed by atoms with Gasteiger partial charge in [-0.1, -0.05) is 6.07 Å². The van der Waals surface area contributed by atoms with E-state index in [1.54, 1.807) is 26.8 Å². The molecule has 0 aliphatic carbocycles. The highest BCUT2D eigenvalue weighted by molar-refractivity contribution is 6.24. The van der Waals surface area contributed by atoms with E-state index in [2.05, 4.69) is 5.32 Å². The maximum atomic E-state index is 13.0. The Kier molecular flexibility index (Phi) is 5.51. The molecule has 1 atom stereocenters. The van der Waals surface area contributed by atoms with Gasteiger partial charge in [-0.15, -0.1) is 0 Å². The summed E-state index contributed by atoms with van der Waals surface area (Å²) >= 11 is 0. The first-order valence-corrected chi connectivity index (χ1v) is 9.50. The van der Waals surface area contributed by atoms with E-state index in [0.717, 1.165) is 4.90 Å². The molecule has 0 saturated carbocycles. The molecule has 10 heteroatoms. The molecule has 1 unspecified atom stereocenters. The van der Waals surface area contributed by atoms with Gasteiger partial charge < -0.3 is 14.7 Å². The van der Waals surface area contributed by atoms with E-state index in [0.29, 0.717) is 0 Å². The summed E-state index contributed by atoms with van der Waals surface area (Å²) < 4.78 is 5.66. The van der Waals surface area contributed by atoms with Crippen LogP contribution in [0.3, 0.4) is 0 Å². The average molecular weight is 417 g/mol. The minimum Gasteiger partial charge on any atom is -0.491 e. The van der Waals surface area contributed by atoms with Crippen LogP contribution >= 0.6 is 0 Å². The van der Waals surface area contributed by atoms with Crippen molar-refractivity contribution in [2.45, 2.75) is 45.2 Å². The van der Waals surface area contributed by atoms with Gasteiger partial charge in [-0.25, -0.2) is 4.79 Å². The molecular weight excluding hydrogens is 394 g/mol. The molecule has 160 valence electrons. The summed E-state index contributed by atoms with van der Waals surface area (Å²) in [6.45, 7) is 5.28.